The number of urea groups is 1. The number of carboxylic acids is 1. The number of amides is 2. The number of carbonyl (C=O) groups excluding carboxylic acids is 1. The van der Waals surface area contributed by atoms with Gasteiger partial charge in [-0.05, 0) is 31.4 Å². The fraction of sp³-hybridized carbons (Fsp3) is 0.538. The minimum atomic E-state index is -0.790. The van der Waals surface area contributed by atoms with Crippen LogP contribution in [0, 0.1) is 12.8 Å². The van der Waals surface area contributed by atoms with Gasteiger partial charge in [-0.2, -0.15) is 0 Å². The van der Waals surface area contributed by atoms with Gasteiger partial charge >= 0.3 is 12.0 Å². The average molecular weight is 282 g/mol. The Balaban J connectivity index is 1.76. The molecule has 2 amide bonds. The Hall–Kier alpha value is -1.56. The molecule has 0 aliphatic carbocycles. The summed E-state index contributed by atoms with van der Waals surface area (Å²) in [6.07, 6.45) is 0.922. The Bertz CT molecular complexity index is 472. The Morgan fingerprint density at radius 2 is 2.32 bits per heavy atom. The van der Waals surface area contributed by atoms with Gasteiger partial charge < -0.3 is 15.3 Å². The Morgan fingerprint density at radius 3 is 2.95 bits per heavy atom. The first-order valence-electron chi connectivity index (χ1n) is 6.34. The molecular weight excluding hydrogens is 264 g/mol. The summed E-state index contributed by atoms with van der Waals surface area (Å²) in [4.78, 5) is 26.6. The molecular formula is C13H18N2O3S. The maximum Gasteiger partial charge on any atom is 0.317 e. The van der Waals surface area contributed by atoms with Gasteiger partial charge in [-0.3, -0.25) is 4.79 Å². The van der Waals surface area contributed by atoms with Crippen molar-refractivity contribution in [2.75, 3.05) is 13.1 Å². The molecule has 2 N–H and O–H groups in total. The summed E-state index contributed by atoms with van der Waals surface area (Å²) in [5.41, 5.74) is 0. The molecule has 104 valence electrons. The zero-order valence-electron chi connectivity index (χ0n) is 10.9. The van der Waals surface area contributed by atoms with Crippen LogP contribution in [0.5, 0.6) is 0 Å². The van der Waals surface area contributed by atoms with Gasteiger partial charge in [0.1, 0.15) is 0 Å². The molecule has 6 heteroatoms. The van der Waals surface area contributed by atoms with Gasteiger partial charge in [0.05, 0.1) is 6.54 Å². The van der Waals surface area contributed by atoms with Gasteiger partial charge in [0.15, 0.2) is 0 Å². The van der Waals surface area contributed by atoms with E-state index in [4.69, 9.17) is 5.11 Å². The maximum absolute atomic E-state index is 11.9. The van der Waals surface area contributed by atoms with E-state index in [1.165, 1.54) is 4.88 Å². The van der Waals surface area contributed by atoms with Crippen LogP contribution in [0.25, 0.3) is 0 Å². The summed E-state index contributed by atoms with van der Waals surface area (Å²) < 4.78 is 0. The van der Waals surface area contributed by atoms with Crippen LogP contribution in [0.1, 0.15) is 22.6 Å². The van der Waals surface area contributed by atoms with Crippen molar-refractivity contribution in [2.24, 2.45) is 5.92 Å². The lowest BCUT2D eigenvalue weighted by Crippen LogP contribution is -2.38. The highest BCUT2D eigenvalue weighted by Gasteiger charge is 2.27. The van der Waals surface area contributed by atoms with Gasteiger partial charge in [0, 0.05) is 29.3 Å². The smallest absolute Gasteiger partial charge is 0.317 e. The van der Waals surface area contributed by atoms with Crippen molar-refractivity contribution < 1.29 is 14.7 Å². The SMILES string of the molecule is Cc1ccc(CNC(=O)N2CCC(CC(=O)O)C2)s1. The highest BCUT2D eigenvalue weighted by atomic mass is 32.1. The summed E-state index contributed by atoms with van der Waals surface area (Å²) in [7, 11) is 0. The number of nitrogens with one attached hydrogen (secondary N) is 1. The van der Waals surface area contributed by atoms with Gasteiger partial charge in [0.2, 0.25) is 0 Å². The van der Waals surface area contributed by atoms with E-state index in [0.717, 1.165) is 11.3 Å². The third-order valence-corrected chi connectivity index (χ3v) is 4.25. The fourth-order valence-corrected chi connectivity index (χ4v) is 3.12. The molecule has 0 bridgehead atoms. The molecule has 1 aromatic heterocycles. The molecule has 1 saturated heterocycles. The van der Waals surface area contributed by atoms with Crippen molar-refractivity contribution in [2.45, 2.75) is 26.3 Å². The van der Waals surface area contributed by atoms with Crippen LogP contribution in [-0.2, 0) is 11.3 Å². The standard InChI is InChI=1S/C13H18N2O3S/c1-9-2-3-11(19-9)7-14-13(18)15-5-4-10(8-15)6-12(16)17/h2-3,10H,4-8H2,1H3,(H,14,18)(H,16,17). The van der Waals surface area contributed by atoms with Crippen LogP contribution in [0.15, 0.2) is 12.1 Å². The third kappa shape index (κ3) is 3.96. The van der Waals surface area contributed by atoms with E-state index in [1.807, 2.05) is 19.1 Å². The van der Waals surface area contributed by atoms with Crippen LogP contribution in [0.2, 0.25) is 0 Å². The Labute approximate surface area is 116 Å². The summed E-state index contributed by atoms with van der Waals surface area (Å²) in [5, 5.41) is 11.6. The first-order chi connectivity index (χ1) is 9.04. The summed E-state index contributed by atoms with van der Waals surface area (Å²) >= 11 is 1.67. The van der Waals surface area contributed by atoms with E-state index in [-0.39, 0.29) is 18.4 Å². The lowest BCUT2D eigenvalue weighted by molar-refractivity contribution is -0.138. The van der Waals surface area contributed by atoms with Crippen LogP contribution < -0.4 is 5.32 Å². The molecule has 0 saturated carbocycles. The first-order valence-corrected chi connectivity index (χ1v) is 7.16. The predicted octanol–water partition coefficient (Wildman–Crippen LogP) is 2.06. The molecule has 19 heavy (non-hydrogen) atoms. The molecule has 0 spiro atoms. The molecule has 1 aliphatic heterocycles. The third-order valence-electron chi connectivity index (χ3n) is 3.25. The fourth-order valence-electron chi connectivity index (χ4n) is 2.29. The summed E-state index contributed by atoms with van der Waals surface area (Å²) in [5.74, 6) is -0.700. The second-order valence-corrected chi connectivity index (χ2v) is 6.24. The number of aryl methyl sites for hydroxylation is 1. The molecule has 1 unspecified atom stereocenters. The number of nitrogens with zero attached hydrogens (tertiary/aromatic N) is 1. The molecule has 5 nitrogen and oxygen atoms in total. The van der Waals surface area contributed by atoms with Crippen LogP contribution in [-0.4, -0.2) is 35.1 Å². The lowest BCUT2D eigenvalue weighted by Gasteiger charge is -2.16. The monoisotopic (exact) mass is 282 g/mol. The van der Waals surface area contributed by atoms with Crippen molar-refractivity contribution in [3.05, 3.63) is 21.9 Å². The van der Waals surface area contributed by atoms with Crippen LogP contribution >= 0.6 is 11.3 Å². The highest BCUT2D eigenvalue weighted by Crippen LogP contribution is 2.20. The van der Waals surface area contributed by atoms with Crippen molar-refractivity contribution in [3.8, 4) is 0 Å². The summed E-state index contributed by atoms with van der Waals surface area (Å²) in [6.45, 7) is 3.76. The maximum atomic E-state index is 11.9. The number of rotatable bonds is 4. The molecule has 0 radical (unpaired) electrons. The molecule has 1 fully saturated rings. The van der Waals surface area contributed by atoms with Crippen molar-refractivity contribution in [1.29, 1.82) is 0 Å². The van der Waals surface area contributed by atoms with E-state index in [9.17, 15) is 9.59 Å². The minimum absolute atomic E-state index is 0.0900. The van der Waals surface area contributed by atoms with Gasteiger partial charge in [-0.25, -0.2) is 4.79 Å². The van der Waals surface area contributed by atoms with Crippen LogP contribution in [0.4, 0.5) is 4.79 Å². The van der Waals surface area contributed by atoms with E-state index in [0.29, 0.717) is 19.6 Å². The molecule has 2 rings (SSSR count). The van der Waals surface area contributed by atoms with Crippen molar-refractivity contribution >= 4 is 23.3 Å². The topological polar surface area (TPSA) is 69.6 Å². The quantitative estimate of drug-likeness (QED) is 0.888. The number of carbonyl (C=O) groups is 2. The number of likely N-dealkylation sites (tertiary alicyclic amines) is 1. The minimum Gasteiger partial charge on any atom is -0.481 e. The zero-order chi connectivity index (χ0) is 13.8. The first kappa shape index (κ1) is 13.9. The van der Waals surface area contributed by atoms with Crippen molar-refractivity contribution in [1.82, 2.24) is 10.2 Å². The number of aliphatic carboxylic acids is 1. The number of hydrogen-bond acceptors (Lipinski definition) is 3. The average Bonchev–Trinajstić information content (AvgIpc) is 2.95. The number of hydrogen-bond donors (Lipinski definition) is 2. The number of thiophene rings is 1. The van der Waals surface area contributed by atoms with Gasteiger partial charge in [0.25, 0.3) is 0 Å². The van der Waals surface area contributed by atoms with E-state index in [1.54, 1.807) is 16.2 Å². The highest BCUT2D eigenvalue weighted by molar-refractivity contribution is 7.11. The van der Waals surface area contributed by atoms with Gasteiger partial charge in [-0.15, -0.1) is 11.3 Å². The normalized spacial score (nSPS) is 18.6. The molecule has 2 heterocycles. The molecule has 1 atom stereocenters. The largest absolute Gasteiger partial charge is 0.481 e. The molecule has 1 aromatic rings. The van der Waals surface area contributed by atoms with E-state index < -0.39 is 5.97 Å². The molecule has 1 aliphatic rings. The molecule has 0 aromatic carbocycles. The van der Waals surface area contributed by atoms with E-state index in [2.05, 4.69) is 5.32 Å². The lowest BCUT2D eigenvalue weighted by atomic mass is 10.1. The van der Waals surface area contributed by atoms with Crippen molar-refractivity contribution in [3.63, 3.8) is 0 Å². The second-order valence-electron chi connectivity index (χ2n) is 4.87. The predicted molar refractivity (Wildman–Crippen MR) is 73.2 cm³/mol. The second kappa shape index (κ2) is 6.06. The Kier molecular flexibility index (Phi) is 4.42. The zero-order valence-corrected chi connectivity index (χ0v) is 11.7. The van der Waals surface area contributed by atoms with Gasteiger partial charge in [-0.1, -0.05) is 0 Å². The van der Waals surface area contributed by atoms with E-state index >= 15 is 0 Å². The van der Waals surface area contributed by atoms with Crippen LogP contribution in [0.3, 0.4) is 0 Å². The summed E-state index contributed by atoms with van der Waals surface area (Å²) in [6, 6.07) is 3.95. The Morgan fingerprint density at radius 1 is 1.53 bits per heavy atom. The number of carboxylic acid groups (broad SMARTS) is 1.